The first-order chi connectivity index (χ1) is 14.0. The largest absolute Gasteiger partial charge is 0.469 e. The maximum atomic E-state index is 12.9. The van der Waals surface area contributed by atoms with Crippen molar-refractivity contribution in [1.82, 2.24) is 9.80 Å². The van der Waals surface area contributed by atoms with E-state index >= 15 is 0 Å². The summed E-state index contributed by atoms with van der Waals surface area (Å²) in [4.78, 5) is 53.4. The second-order valence-electron chi connectivity index (χ2n) is 8.12. The number of benzene rings is 1. The van der Waals surface area contributed by atoms with Gasteiger partial charge < -0.3 is 9.64 Å². The SMILES string of the molecule is COC(=O)C1CCN(C(=O)c2ccc3c(c2)C(=O)N(C2CCCCC2)C3=O)CC1. The molecule has 3 amide bonds. The van der Waals surface area contributed by atoms with Gasteiger partial charge >= 0.3 is 5.97 Å². The zero-order valence-electron chi connectivity index (χ0n) is 16.7. The Hall–Kier alpha value is -2.70. The molecule has 0 bridgehead atoms. The highest BCUT2D eigenvalue weighted by molar-refractivity contribution is 6.22. The molecule has 3 aliphatic rings. The van der Waals surface area contributed by atoms with E-state index in [1.54, 1.807) is 23.1 Å². The summed E-state index contributed by atoms with van der Waals surface area (Å²) in [5.74, 6) is -1.10. The number of hydrogen-bond acceptors (Lipinski definition) is 5. The third kappa shape index (κ3) is 3.54. The number of nitrogens with zero attached hydrogens (tertiary/aromatic N) is 2. The van der Waals surface area contributed by atoms with E-state index < -0.39 is 0 Å². The Labute approximate surface area is 170 Å². The standard InChI is InChI=1S/C22H26N2O5/c1-29-22(28)14-9-11-23(12-10-14)19(25)15-7-8-17-18(13-15)21(27)24(20(17)26)16-5-3-2-4-6-16/h7-8,13-14,16H,2-6,9-12H2,1H3. The summed E-state index contributed by atoms with van der Waals surface area (Å²) >= 11 is 0. The molecule has 0 N–H and O–H groups in total. The number of likely N-dealkylation sites (tertiary alicyclic amines) is 1. The van der Waals surface area contributed by atoms with E-state index in [9.17, 15) is 19.2 Å². The zero-order chi connectivity index (χ0) is 20.5. The molecule has 154 valence electrons. The van der Waals surface area contributed by atoms with Gasteiger partial charge in [0.25, 0.3) is 17.7 Å². The van der Waals surface area contributed by atoms with Gasteiger partial charge in [-0.15, -0.1) is 0 Å². The fraction of sp³-hybridized carbons (Fsp3) is 0.545. The maximum absolute atomic E-state index is 12.9. The van der Waals surface area contributed by atoms with Crippen molar-refractivity contribution in [2.45, 2.75) is 51.0 Å². The van der Waals surface area contributed by atoms with Crippen LogP contribution in [0.1, 0.15) is 76.0 Å². The topological polar surface area (TPSA) is 84.0 Å². The van der Waals surface area contributed by atoms with Gasteiger partial charge in [0.1, 0.15) is 0 Å². The second-order valence-corrected chi connectivity index (χ2v) is 8.12. The van der Waals surface area contributed by atoms with Crippen LogP contribution >= 0.6 is 0 Å². The minimum atomic E-state index is -0.282. The van der Waals surface area contributed by atoms with Crippen LogP contribution in [0.3, 0.4) is 0 Å². The number of esters is 1. The number of rotatable bonds is 3. The van der Waals surface area contributed by atoms with Crippen LogP contribution in [0, 0.1) is 5.92 Å². The predicted molar refractivity (Wildman–Crippen MR) is 104 cm³/mol. The molecule has 0 radical (unpaired) electrons. The molecule has 0 spiro atoms. The molecule has 2 aliphatic heterocycles. The van der Waals surface area contributed by atoms with Gasteiger partial charge in [-0.2, -0.15) is 0 Å². The second kappa shape index (κ2) is 7.97. The fourth-order valence-corrected chi connectivity index (χ4v) is 4.73. The molecular formula is C22H26N2O5. The van der Waals surface area contributed by atoms with Crippen LogP contribution in [-0.4, -0.2) is 59.7 Å². The molecule has 7 nitrogen and oxygen atoms in total. The van der Waals surface area contributed by atoms with Crippen molar-refractivity contribution in [3.8, 4) is 0 Å². The quantitative estimate of drug-likeness (QED) is 0.577. The van der Waals surface area contributed by atoms with Gasteiger partial charge in [-0.25, -0.2) is 0 Å². The number of methoxy groups -OCH3 is 1. The molecule has 1 saturated carbocycles. The Morgan fingerprint density at radius 1 is 0.931 bits per heavy atom. The van der Waals surface area contributed by atoms with E-state index in [1.807, 2.05) is 0 Å². The number of carbonyl (C=O) groups is 4. The summed E-state index contributed by atoms with van der Waals surface area (Å²) in [5, 5.41) is 0. The molecule has 1 aromatic rings. The lowest BCUT2D eigenvalue weighted by atomic mass is 9.94. The molecular weight excluding hydrogens is 372 g/mol. The first kappa shape index (κ1) is 19.6. The van der Waals surface area contributed by atoms with Crippen molar-refractivity contribution < 1.29 is 23.9 Å². The fourth-order valence-electron chi connectivity index (χ4n) is 4.73. The molecule has 1 aromatic carbocycles. The summed E-state index contributed by atoms with van der Waals surface area (Å²) in [6.07, 6.45) is 6.04. The van der Waals surface area contributed by atoms with Crippen molar-refractivity contribution in [1.29, 1.82) is 0 Å². The van der Waals surface area contributed by atoms with Crippen molar-refractivity contribution in [3.05, 3.63) is 34.9 Å². The van der Waals surface area contributed by atoms with Gasteiger partial charge in [-0.1, -0.05) is 19.3 Å². The average Bonchev–Trinajstić information content (AvgIpc) is 3.03. The molecule has 1 saturated heterocycles. The minimum Gasteiger partial charge on any atom is -0.469 e. The van der Waals surface area contributed by atoms with Crippen LogP contribution in [0.4, 0.5) is 0 Å². The van der Waals surface area contributed by atoms with Crippen molar-refractivity contribution in [2.75, 3.05) is 20.2 Å². The lowest BCUT2D eigenvalue weighted by Gasteiger charge is -2.30. The van der Waals surface area contributed by atoms with Gasteiger partial charge in [0.05, 0.1) is 24.2 Å². The first-order valence-corrected chi connectivity index (χ1v) is 10.4. The highest BCUT2D eigenvalue weighted by Crippen LogP contribution is 2.32. The summed E-state index contributed by atoms with van der Waals surface area (Å²) in [6, 6.07) is 4.76. The molecule has 2 heterocycles. The lowest BCUT2D eigenvalue weighted by molar-refractivity contribution is -0.146. The van der Waals surface area contributed by atoms with Crippen LogP contribution in [0.2, 0.25) is 0 Å². The number of imide groups is 1. The molecule has 0 atom stereocenters. The van der Waals surface area contributed by atoms with E-state index in [2.05, 4.69) is 0 Å². The Morgan fingerprint density at radius 3 is 2.24 bits per heavy atom. The zero-order valence-corrected chi connectivity index (χ0v) is 16.7. The van der Waals surface area contributed by atoms with Gasteiger partial charge in [-0.3, -0.25) is 24.1 Å². The molecule has 2 fully saturated rings. The lowest BCUT2D eigenvalue weighted by Crippen LogP contribution is -2.41. The van der Waals surface area contributed by atoms with Gasteiger partial charge in [-0.05, 0) is 43.9 Å². The number of hydrogen-bond donors (Lipinski definition) is 0. The number of piperidine rings is 1. The minimum absolute atomic E-state index is 0.0346. The Kier molecular flexibility index (Phi) is 5.39. The third-order valence-electron chi connectivity index (χ3n) is 6.42. The number of carbonyl (C=O) groups excluding carboxylic acids is 4. The summed E-state index contributed by atoms with van der Waals surface area (Å²) in [7, 11) is 1.37. The molecule has 29 heavy (non-hydrogen) atoms. The Morgan fingerprint density at radius 2 is 1.59 bits per heavy atom. The average molecular weight is 398 g/mol. The van der Waals surface area contributed by atoms with Gasteiger partial charge in [0, 0.05) is 24.7 Å². The van der Waals surface area contributed by atoms with E-state index in [0.29, 0.717) is 42.6 Å². The van der Waals surface area contributed by atoms with Gasteiger partial charge in [0.15, 0.2) is 0 Å². The van der Waals surface area contributed by atoms with Crippen LogP contribution in [0.5, 0.6) is 0 Å². The molecule has 1 aliphatic carbocycles. The highest BCUT2D eigenvalue weighted by Gasteiger charge is 2.40. The highest BCUT2D eigenvalue weighted by atomic mass is 16.5. The van der Waals surface area contributed by atoms with Gasteiger partial charge in [0.2, 0.25) is 0 Å². The normalized spacial score (nSPS) is 20.7. The summed E-state index contributed by atoms with van der Waals surface area (Å²) in [6.45, 7) is 0.938. The van der Waals surface area contributed by atoms with Crippen LogP contribution in [-0.2, 0) is 9.53 Å². The molecule has 0 unspecified atom stereocenters. The van der Waals surface area contributed by atoms with Crippen molar-refractivity contribution >= 4 is 23.7 Å². The van der Waals surface area contributed by atoms with Crippen LogP contribution in [0.15, 0.2) is 18.2 Å². The number of amides is 3. The van der Waals surface area contributed by atoms with E-state index in [0.717, 1.165) is 32.1 Å². The van der Waals surface area contributed by atoms with E-state index in [4.69, 9.17) is 4.74 Å². The van der Waals surface area contributed by atoms with Crippen molar-refractivity contribution in [2.24, 2.45) is 5.92 Å². The van der Waals surface area contributed by atoms with E-state index in [-0.39, 0.29) is 35.7 Å². The smallest absolute Gasteiger partial charge is 0.308 e. The summed E-state index contributed by atoms with van der Waals surface area (Å²) in [5.41, 5.74) is 1.13. The maximum Gasteiger partial charge on any atom is 0.308 e. The third-order valence-corrected chi connectivity index (χ3v) is 6.42. The predicted octanol–water partition coefficient (Wildman–Crippen LogP) is 2.64. The Bertz CT molecular complexity index is 851. The first-order valence-electron chi connectivity index (χ1n) is 10.4. The summed E-state index contributed by atoms with van der Waals surface area (Å²) < 4.78 is 4.79. The van der Waals surface area contributed by atoms with E-state index in [1.165, 1.54) is 12.0 Å². The number of ether oxygens (including phenoxy) is 1. The number of fused-ring (bicyclic) bond motifs is 1. The Balaban J connectivity index is 1.49. The van der Waals surface area contributed by atoms with Crippen molar-refractivity contribution in [3.63, 3.8) is 0 Å². The molecule has 7 heteroatoms. The van der Waals surface area contributed by atoms with Crippen LogP contribution in [0.25, 0.3) is 0 Å². The molecule has 0 aromatic heterocycles. The van der Waals surface area contributed by atoms with Crippen LogP contribution < -0.4 is 0 Å². The monoisotopic (exact) mass is 398 g/mol. The molecule has 4 rings (SSSR count).